The van der Waals surface area contributed by atoms with Gasteiger partial charge in [-0.25, -0.2) is 8.78 Å². The van der Waals surface area contributed by atoms with E-state index in [0.29, 0.717) is 25.9 Å². The second-order valence-electron chi connectivity index (χ2n) is 7.32. The van der Waals surface area contributed by atoms with Crippen molar-refractivity contribution < 1.29 is 18.0 Å². The lowest BCUT2D eigenvalue weighted by molar-refractivity contribution is -0.130. The van der Waals surface area contributed by atoms with E-state index in [9.17, 15) is 18.0 Å². The Morgan fingerprint density at radius 3 is 2.57 bits per heavy atom. The van der Waals surface area contributed by atoms with E-state index in [0.717, 1.165) is 27.7 Å². The van der Waals surface area contributed by atoms with Gasteiger partial charge in [0.25, 0.3) is 0 Å². The van der Waals surface area contributed by atoms with Gasteiger partial charge in [0, 0.05) is 42.0 Å². The number of fused-ring (bicyclic) bond motifs is 1. The number of carbonyl (C=O) groups excluding carboxylic acids is 1. The Morgan fingerprint density at radius 2 is 1.86 bits per heavy atom. The molecule has 1 amide bonds. The van der Waals surface area contributed by atoms with Crippen molar-refractivity contribution in [2.45, 2.75) is 19.3 Å². The van der Waals surface area contributed by atoms with Crippen LogP contribution >= 0.6 is 0 Å². The number of hydrogen-bond donors (Lipinski definition) is 1. The molecule has 1 fully saturated rings. The van der Waals surface area contributed by atoms with E-state index < -0.39 is 6.67 Å². The molecular formula is C22H21F3N2O. The summed E-state index contributed by atoms with van der Waals surface area (Å²) < 4.78 is 40.0. The highest BCUT2D eigenvalue weighted by molar-refractivity contribution is 5.91. The van der Waals surface area contributed by atoms with Crippen LogP contribution in [0.1, 0.15) is 18.4 Å². The van der Waals surface area contributed by atoms with Crippen LogP contribution in [-0.4, -0.2) is 35.6 Å². The summed E-state index contributed by atoms with van der Waals surface area (Å²) in [5.41, 5.74) is 3.13. The molecule has 1 atom stereocenters. The van der Waals surface area contributed by atoms with Gasteiger partial charge in [-0.2, -0.15) is 0 Å². The number of H-pyrrole nitrogens is 1. The molecule has 1 aliphatic heterocycles. The Kier molecular flexibility index (Phi) is 5.11. The van der Waals surface area contributed by atoms with E-state index in [1.807, 2.05) is 0 Å². The highest BCUT2D eigenvalue weighted by Crippen LogP contribution is 2.32. The number of alkyl halides is 1. The molecule has 0 saturated carbocycles. The first-order valence-electron chi connectivity index (χ1n) is 9.45. The molecule has 0 spiro atoms. The minimum Gasteiger partial charge on any atom is -0.354 e. The predicted molar refractivity (Wildman–Crippen MR) is 103 cm³/mol. The van der Waals surface area contributed by atoms with Crippen molar-refractivity contribution in [1.82, 2.24) is 9.88 Å². The van der Waals surface area contributed by atoms with Crippen LogP contribution in [0.5, 0.6) is 0 Å². The normalized spacial score (nSPS) is 16.8. The number of halogens is 3. The Morgan fingerprint density at radius 1 is 1.11 bits per heavy atom. The van der Waals surface area contributed by atoms with Gasteiger partial charge in [0.2, 0.25) is 5.91 Å². The summed E-state index contributed by atoms with van der Waals surface area (Å²) in [6, 6.07) is 10.6. The van der Waals surface area contributed by atoms with Crippen molar-refractivity contribution in [1.29, 1.82) is 0 Å². The molecule has 1 aromatic heterocycles. The molecule has 0 aliphatic carbocycles. The number of hydrogen-bond acceptors (Lipinski definition) is 1. The highest BCUT2D eigenvalue weighted by atomic mass is 19.1. The summed E-state index contributed by atoms with van der Waals surface area (Å²) in [5, 5.41) is 0.718. The summed E-state index contributed by atoms with van der Waals surface area (Å²) in [4.78, 5) is 17.5. The third kappa shape index (κ3) is 3.63. The molecule has 0 radical (unpaired) electrons. The number of rotatable bonds is 5. The van der Waals surface area contributed by atoms with Crippen LogP contribution in [-0.2, 0) is 11.2 Å². The fourth-order valence-corrected chi connectivity index (χ4v) is 3.92. The lowest BCUT2D eigenvalue weighted by atomic mass is 10.0. The largest absolute Gasteiger partial charge is 0.354 e. The Balaban J connectivity index is 1.63. The second kappa shape index (κ2) is 7.70. The van der Waals surface area contributed by atoms with Crippen LogP contribution < -0.4 is 0 Å². The van der Waals surface area contributed by atoms with E-state index in [4.69, 9.17) is 0 Å². The molecule has 3 aromatic rings. The van der Waals surface area contributed by atoms with E-state index in [1.54, 1.807) is 23.1 Å². The first kappa shape index (κ1) is 18.6. The van der Waals surface area contributed by atoms with Gasteiger partial charge in [-0.05, 0) is 66.4 Å². The predicted octanol–water partition coefficient (Wildman–Crippen LogP) is 4.86. The minimum absolute atomic E-state index is 0.0215. The molecule has 1 aliphatic rings. The van der Waals surface area contributed by atoms with Gasteiger partial charge >= 0.3 is 0 Å². The van der Waals surface area contributed by atoms with Crippen molar-refractivity contribution >= 4 is 16.8 Å². The minimum atomic E-state index is -0.403. The SMILES string of the molecule is O=C(CCc1c(-c2ccc(F)cc2)[nH]c2ccc(F)cc12)N1CCC(CF)C1. The van der Waals surface area contributed by atoms with Gasteiger partial charge in [0.15, 0.2) is 0 Å². The molecule has 28 heavy (non-hydrogen) atoms. The van der Waals surface area contributed by atoms with Crippen LogP contribution in [0.4, 0.5) is 13.2 Å². The van der Waals surface area contributed by atoms with Crippen LogP contribution in [0, 0.1) is 17.6 Å². The molecule has 1 N–H and O–H groups in total. The Labute approximate surface area is 161 Å². The number of aromatic nitrogens is 1. The van der Waals surface area contributed by atoms with Gasteiger partial charge < -0.3 is 9.88 Å². The van der Waals surface area contributed by atoms with Gasteiger partial charge in [0.1, 0.15) is 11.6 Å². The second-order valence-corrected chi connectivity index (χ2v) is 7.32. The zero-order chi connectivity index (χ0) is 19.7. The van der Waals surface area contributed by atoms with E-state index >= 15 is 0 Å². The maximum Gasteiger partial charge on any atom is 0.222 e. The average molecular weight is 386 g/mol. The number of carbonyl (C=O) groups is 1. The topological polar surface area (TPSA) is 36.1 Å². The summed E-state index contributed by atoms with van der Waals surface area (Å²) in [6.45, 7) is 0.642. The fourth-order valence-electron chi connectivity index (χ4n) is 3.92. The molecule has 0 bridgehead atoms. The lowest BCUT2D eigenvalue weighted by Gasteiger charge is -2.16. The van der Waals surface area contributed by atoms with Gasteiger partial charge in [0.05, 0.1) is 6.67 Å². The van der Waals surface area contributed by atoms with E-state index in [-0.39, 0.29) is 29.9 Å². The van der Waals surface area contributed by atoms with Gasteiger partial charge in [-0.3, -0.25) is 9.18 Å². The zero-order valence-corrected chi connectivity index (χ0v) is 15.4. The summed E-state index contributed by atoms with van der Waals surface area (Å²) >= 11 is 0. The number of aromatic amines is 1. The Hall–Kier alpha value is -2.76. The molecule has 4 rings (SSSR count). The van der Waals surface area contributed by atoms with Crippen LogP contribution in [0.25, 0.3) is 22.2 Å². The molecular weight excluding hydrogens is 365 g/mol. The van der Waals surface area contributed by atoms with E-state index in [2.05, 4.69) is 4.98 Å². The summed E-state index contributed by atoms with van der Waals surface area (Å²) in [7, 11) is 0. The van der Waals surface area contributed by atoms with Crippen LogP contribution in [0.15, 0.2) is 42.5 Å². The fraction of sp³-hybridized carbons (Fsp3) is 0.318. The molecule has 1 saturated heterocycles. The maximum atomic E-state index is 13.8. The first-order valence-corrected chi connectivity index (χ1v) is 9.45. The van der Waals surface area contributed by atoms with Crippen molar-refractivity contribution in [3.63, 3.8) is 0 Å². The van der Waals surface area contributed by atoms with Gasteiger partial charge in [-0.15, -0.1) is 0 Å². The number of benzene rings is 2. The van der Waals surface area contributed by atoms with Crippen molar-refractivity contribution in [2.24, 2.45) is 5.92 Å². The number of aryl methyl sites for hydroxylation is 1. The molecule has 1 unspecified atom stereocenters. The average Bonchev–Trinajstić information content (AvgIpc) is 3.31. The summed E-state index contributed by atoms with van der Waals surface area (Å²) in [5.74, 6) is -0.776. The standard InChI is InChI=1S/C22H21F3N2O/c23-12-14-9-10-27(13-14)21(28)8-6-18-19-11-17(25)5-7-20(19)26-22(18)15-1-3-16(24)4-2-15/h1-5,7,11,14,26H,6,8-10,12-13H2. The van der Waals surface area contributed by atoms with Crippen molar-refractivity contribution in [3.05, 3.63) is 59.7 Å². The maximum absolute atomic E-state index is 13.8. The van der Waals surface area contributed by atoms with Crippen LogP contribution in [0.3, 0.4) is 0 Å². The van der Waals surface area contributed by atoms with Crippen molar-refractivity contribution in [2.75, 3.05) is 19.8 Å². The molecule has 6 heteroatoms. The molecule has 3 nitrogen and oxygen atoms in total. The number of nitrogens with one attached hydrogen (secondary N) is 1. The third-order valence-electron chi connectivity index (χ3n) is 5.45. The molecule has 2 aromatic carbocycles. The summed E-state index contributed by atoms with van der Waals surface area (Å²) in [6.07, 6.45) is 1.38. The first-order chi connectivity index (χ1) is 13.5. The third-order valence-corrected chi connectivity index (χ3v) is 5.45. The number of likely N-dealkylation sites (tertiary alicyclic amines) is 1. The number of amides is 1. The Bertz CT molecular complexity index is 997. The smallest absolute Gasteiger partial charge is 0.222 e. The molecule has 2 heterocycles. The lowest BCUT2D eigenvalue weighted by Crippen LogP contribution is -2.29. The van der Waals surface area contributed by atoms with Crippen molar-refractivity contribution in [3.8, 4) is 11.3 Å². The monoisotopic (exact) mass is 386 g/mol. The van der Waals surface area contributed by atoms with Crippen LogP contribution in [0.2, 0.25) is 0 Å². The number of nitrogens with zero attached hydrogens (tertiary/aromatic N) is 1. The van der Waals surface area contributed by atoms with E-state index in [1.165, 1.54) is 24.3 Å². The quantitative estimate of drug-likeness (QED) is 0.668. The highest BCUT2D eigenvalue weighted by Gasteiger charge is 2.26. The molecule has 146 valence electrons. The van der Waals surface area contributed by atoms with Gasteiger partial charge in [-0.1, -0.05) is 0 Å². The zero-order valence-electron chi connectivity index (χ0n) is 15.4.